The van der Waals surface area contributed by atoms with Gasteiger partial charge in [-0.1, -0.05) is 39.5 Å². The molecule has 0 spiro atoms. The Morgan fingerprint density at radius 2 is 1.92 bits per heavy atom. The molecule has 12 heavy (non-hydrogen) atoms. The molecular formula is C10H19NO. The number of nitrogens with two attached hydrogens (primary N) is 1. The number of carbonyl (C=O) groups excluding carboxylic acids is 1. The zero-order valence-electron chi connectivity index (χ0n) is 8.10. The molecule has 0 aromatic carbocycles. The summed E-state index contributed by atoms with van der Waals surface area (Å²) in [4.78, 5) is 11.0. The molecule has 70 valence electrons. The maximum absolute atomic E-state index is 11.0. The van der Waals surface area contributed by atoms with Crippen LogP contribution in [0, 0.1) is 11.3 Å². The average Bonchev–Trinajstić information content (AvgIpc) is 2.38. The van der Waals surface area contributed by atoms with Gasteiger partial charge in [0.25, 0.3) is 0 Å². The van der Waals surface area contributed by atoms with E-state index in [2.05, 4.69) is 0 Å². The second-order valence-corrected chi connectivity index (χ2v) is 4.60. The summed E-state index contributed by atoms with van der Waals surface area (Å²) < 4.78 is 0. The molecule has 0 radical (unpaired) electrons. The van der Waals surface area contributed by atoms with E-state index in [0.717, 1.165) is 12.3 Å². The first-order chi connectivity index (χ1) is 5.52. The monoisotopic (exact) mass is 169 g/mol. The SMILES string of the molecule is CC(C)(CC1CCCC1)C(N)=O. The molecule has 2 nitrogen and oxygen atoms in total. The van der Waals surface area contributed by atoms with Crippen LogP contribution in [-0.4, -0.2) is 5.91 Å². The van der Waals surface area contributed by atoms with Crippen LogP contribution in [0.25, 0.3) is 0 Å². The zero-order chi connectivity index (χ0) is 9.19. The Morgan fingerprint density at radius 3 is 2.33 bits per heavy atom. The van der Waals surface area contributed by atoms with Crippen LogP contribution in [-0.2, 0) is 4.79 Å². The van der Waals surface area contributed by atoms with Gasteiger partial charge in [0, 0.05) is 5.41 Å². The van der Waals surface area contributed by atoms with Crippen molar-refractivity contribution < 1.29 is 4.79 Å². The normalized spacial score (nSPS) is 19.8. The lowest BCUT2D eigenvalue weighted by Crippen LogP contribution is -2.33. The van der Waals surface area contributed by atoms with Gasteiger partial charge in [0.1, 0.15) is 0 Å². The highest BCUT2D eigenvalue weighted by Crippen LogP contribution is 2.35. The molecule has 1 aliphatic rings. The molecule has 1 aliphatic carbocycles. The topological polar surface area (TPSA) is 43.1 Å². The van der Waals surface area contributed by atoms with Crippen molar-refractivity contribution in [3.05, 3.63) is 0 Å². The standard InChI is InChI=1S/C10H19NO/c1-10(2,9(11)12)7-8-5-3-4-6-8/h8H,3-7H2,1-2H3,(H2,11,12). The number of amides is 1. The van der Waals surface area contributed by atoms with E-state index in [0.29, 0.717) is 0 Å². The van der Waals surface area contributed by atoms with E-state index in [1.807, 2.05) is 13.8 Å². The number of rotatable bonds is 3. The predicted octanol–water partition coefficient (Wildman–Crippen LogP) is 2.08. The molecule has 0 unspecified atom stereocenters. The third-order valence-electron chi connectivity index (χ3n) is 2.94. The minimum Gasteiger partial charge on any atom is -0.369 e. The van der Waals surface area contributed by atoms with Crippen molar-refractivity contribution in [3.8, 4) is 0 Å². The summed E-state index contributed by atoms with van der Waals surface area (Å²) >= 11 is 0. The highest BCUT2D eigenvalue weighted by molar-refractivity contribution is 5.79. The largest absolute Gasteiger partial charge is 0.369 e. The van der Waals surface area contributed by atoms with Crippen LogP contribution < -0.4 is 5.73 Å². The zero-order valence-corrected chi connectivity index (χ0v) is 8.10. The molecular weight excluding hydrogens is 150 g/mol. The van der Waals surface area contributed by atoms with Crippen molar-refractivity contribution in [3.63, 3.8) is 0 Å². The Bertz CT molecular complexity index is 169. The van der Waals surface area contributed by atoms with Gasteiger partial charge in [-0.3, -0.25) is 4.79 Å². The van der Waals surface area contributed by atoms with E-state index in [1.165, 1.54) is 25.7 Å². The predicted molar refractivity (Wildman–Crippen MR) is 49.6 cm³/mol. The van der Waals surface area contributed by atoms with E-state index in [9.17, 15) is 4.79 Å². The van der Waals surface area contributed by atoms with Crippen LogP contribution in [0.2, 0.25) is 0 Å². The number of primary amides is 1. The lowest BCUT2D eigenvalue weighted by Gasteiger charge is -2.23. The fourth-order valence-corrected chi connectivity index (χ4v) is 2.04. The van der Waals surface area contributed by atoms with Crippen LogP contribution in [0.4, 0.5) is 0 Å². The fourth-order valence-electron chi connectivity index (χ4n) is 2.04. The molecule has 0 aliphatic heterocycles. The van der Waals surface area contributed by atoms with Gasteiger partial charge < -0.3 is 5.73 Å². The molecule has 0 heterocycles. The smallest absolute Gasteiger partial charge is 0.223 e. The highest BCUT2D eigenvalue weighted by atomic mass is 16.1. The molecule has 0 aromatic heterocycles. The van der Waals surface area contributed by atoms with E-state index < -0.39 is 0 Å². The van der Waals surface area contributed by atoms with E-state index in [1.54, 1.807) is 0 Å². The molecule has 2 heteroatoms. The van der Waals surface area contributed by atoms with Gasteiger partial charge in [-0.15, -0.1) is 0 Å². The first-order valence-electron chi connectivity index (χ1n) is 4.82. The molecule has 1 saturated carbocycles. The van der Waals surface area contributed by atoms with Crippen LogP contribution in [0.15, 0.2) is 0 Å². The molecule has 0 atom stereocenters. The summed E-state index contributed by atoms with van der Waals surface area (Å²) in [6.07, 6.45) is 6.22. The summed E-state index contributed by atoms with van der Waals surface area (Å²) in [6.45, 7) is 3.90. The van der Waals surface area contributed by atoms with Crippen LogP contribution in [0.3, 0.4) is 0 Å². The van der Waals surface area contributed by atoms with Crippen molar-refractivity contribution in [2.75, 3.05) is 0 Å². The van der Waals surface area contributed by atoms with Crippen LogP contribution in [0.5, 0.6) is 0 Å². The summed E-state index contributed by atoms with van der Waals surface area (Å²) in [6, 6.07) is 0. The fraction of sp³-hybridized carbons (Fsp3) is 0.900. The molecule has 1 fully saturated rings. The van der Waals surface area contributed by atoms with E-state index >= 15 is 0 Å². The minimum absolute atomic E-state index is 0.158. The van der Waals surface area contributed by atoms with Gasteiger partial charge in [0.05, 0.1) is 0 Å². The quantitative estimate of drug-likeness (QED) is 0.690. The second kappa shape index (κ2) is 3.46. The van der Waals surface area contributed by atoms with Crippen molar-refractivity contribution in [1.82, 2.24) is 0 Å². The third-order valence-corrected chi connectivity index (χ3v) is 2.94. The molecule has 1 amide bonds. The Labute approximate surface area is 74.5 Å². The van der Waals surface area contributed by atoms with Crippen molar-refractivity contribution in [2.45, 2.75) is 46.0 Å². The maximum Gasteiger partial charge on any atom is 0.223 e. The van der Waals surface area contributed by atoms with Crippen molar-refractivity contribution in [1.29, 1.82) is 0 Å². The Balaban J connectivity index is 2.42. The summed E-state index contributed by atoms with van der Waals surface area (Å²) in [7, 11) is 0. The summed E-state index contributed by atoms with van der Waals surface area (Å²) in [5.74, 6) is 0.585. The maximum atomic E-state index is 11.0. The van der Waals surface area contributed by atoms with Gasteiger partial charge in [-0.2, -0.15) is 0 Å². The molecule has 0 aromatic rings. The van der Waals surface area contributed by atoms with Gasteiger partial charge in [-0.25, -0.2) is 0 Å². The van der Waals surface area contributed by atoms with E-state index in [4.69, 9.17) is 5.73 Å². The molecule has 1 rings (SSSR count). The average molecular weight is 169 g/mol. The first-order valence-corrected chi connectivity index (χ1v) is 4.82. The number of hydrogen-bond acceptors (Lipinski definition) is 1. The molecule has 0 saturated heterocycles. The first kappa shape index (κ1) is 9.56. The third kappa shape index (κ3) is 2.23. The van der Waals surface area contributed by atoms with Gasteiger partial charge in [-0.05, 0) is 12.3 Å². The Kier molecular flexibility index (Phi) is 2.76. The Morgan fingerprint density at radius 1 is 1.42 bits per heavy atom. The highest BCUT2D eigenvalue weighted by Gasteiger charge is 2.29. The van der Waals surface area contributed by atoms with Gasteiger partial charge in [0.2, 0.25) is 5.91 Å². The van der Waals surface area contributed by atoms with Crippen LogP contribution >= 0.6 is 0 Å². The number of hydrogen-bond donors (Lipinski definition) is 1. The lowest BCUT2D eigenvalue weighted by molar-refractivity contribution is -0.126. The van der Waals surface area contributed by atoms with Gasteiger partial charge in [0.15, 0.2) is 0 Å². The van der Waals surface area contributed by atoms with Crippen molar-refractivity contribution in [2.24, 2.45) is 17.1 Å². The van der Waals surface area contributed by atoms with E-state index in [-0.39, 0.29) is 11.3 Å². The minimum atomic E-state index is -0.297. The summed E-state index contributed by atoms with van der Waals surface area (Å²) in [5, 5.41) is 0. The number of carbonyl (C=O) groups is 1. The lowest BCUT2D eigenvalue weighted by atomic mass is 9.81. The molecule has 2 N–H and O–H groups in total. The van der Waals surface area contributed by atoms with Crippen molar-refractivity contribution >= 4 is 5.91 Å². The molecule has 0 bridgehead atoms. The second-order valence-electron chi connectivity index (χ2n) is 4.60. The van der Waals surface area contributed by atoms with Crippen LogP contribution in [0.1, 0.15) is 46.0 Å². The summed E-state index contributed by atoms with van der Waals surface area (Å²) in [5.41, 5.74) is 5.01. The van der Waals surface area contributed by atoms with Gasteiger partial charge >= 0.3 is 0 Å². The Hall–Kier alpha value is -0.530.